The van der Waals surface area contributed by atoms with Crippen molar-refractivity contribution in [2.45, 2.75) is 199 Å². The van der Waals surface area contributed by atoms with E-state index in [0.29, 0.717) is 12.8 Å². The van der Waals surface area contributed by atoms with Gasteiger partial charge in [0.25, 0.3) is 0 Å². The van der Waals surface area contributed by atoms with Crippen LogP contribution < -0.4 is 10.6 Å². The average molecular weight is 573 g/mol. The minimum absolute atomic E-state index is 0.111. The van der Waals surface area contributed by atoms with Gasteiger partial charge in [-0.05, 0) is 83.5 Å². The second-order valence-corrected chi connectivity index (χ2v) is 12.5. The van der Waals surface area contributed by atoms with Crippen molar-refractivity contribution in [2.75, 3.05) is 0 Å². The highest BCUT2D eigenvalue weighted by Gasteiger charge is 2.29. The number of hydrogen-bond acceptors (Lipinski definition) is 2. The van der Waals surface area contributed by atoms with Crippen LogP contribution in [0.2, 0.25) is 0 Å². The standard InChI is InChI=1S/C37H68N2O2/c1-3-5-7-9-11-13-15-17-19-21-23-25-27-32-36(40)38-34-30-29-31-35(34)39-37(41)33-28-26-24-22-20-18-16-14-12-10-8-6-4-2/h13-16,34-35H,3-12,17-33H2,1-2H3,(H,38,40)(H,39,41)/t34-,35+. The van der Waals surface area contributed by atoms with E-state index in [1.165, 1.54) is 116 Å². The predicted octanol–water partition coefficient (Wildman–Crippen LogP) is 10.7. The summed E-state index contributed by atoms with van der Waals surface area (Å²) in [5.74, 6) is 0.321. The van der Waals surface area contributed by atoms with Crippen molar-refractivity contribution in [3.63, 3.8) is 0 Å². The first-order valence-electron chi connectivity index (χ1n) is 18.1. The molecule has 0 aromatic carbocycles. The summed E-state index contributed by atoms with van der Waals surface area (Å²) in [4.78, 5) is 25.0. The number of rotatable bonds is 28. The molecule has 0 aromatic heterocycles. The van der Waals surface area contributed by atoms with Crippen LogP contribution in [0.4, 0.5) is 0 Å². The van der Waals surface area contributed by atoms with Crippen molar-refractivity contribution in [3.05, 3.63) is 24.3 Å². The summed E-state index contributed by atoms with van der Waals surface area (Å²) < 4.78 is 0. The van der Waals surface area contributed by atoms with Gasteiger partial charge >= 0.3 is 0 Å². The highest BCUT2D eigenvalue weighted by molar-refractivity contribution is 5.78. The number of carbonyl (C=O) groups excluding carboxylic acids is 2. The van der Waals surface area contributed by atoms with Crippen LogP contribution >= 0.6 is 0 Å². The van der Waals surface area contributed by atoms with Crippen molar-refractivity contribution < 1.29 is 9.59 Å². The molecule has 0 heterocycles. The van der Waals surface area contributed by atoms with Crippen LogP contribution in [0.5, 0.6) is 0 Å². The van der Waals surface area contributed by atoms with Crippen LogP contribution in [0.1, 0.15) is 187 Å². The first-order chi connectivity index (χ1) is 20.2. The zero-order valence-electron chi connectivity index (χ0n) is 27.4. The van der Waals surface area contributed by atoms with Gasteiger partial charge in [0.15, 0.2) is 0 Å². The molecule has 2 N–H and O–H groups in total. The number of nitrogens with one attached hydrogen (secondary N) is 2. The highest BCUT2D eigenvalue weighted by atomic mass is 16.2. The van der Waals surface area contributed by atoms with Gasteiger partial charge in [-0.15, -0.1) is 0 Å². The van der Waals surface area contributed by atoms with Gasteiger partial charge in [0.2, 0.25) is 11.8 Å². The van der Waals surface area contributed by atoms with Crippen molar-refractivity contribution in [2.24, 2.45) is 0 Å². The van der Waals surface area contributed by atoms with Gasteiger partial charge in [-0.1, -0.05) is 115 Å². The van der Waals surface area contributed by atoms with Crippen LogP contribution in [0.25, 0.3) is 0 Å². The molecule has 4 heteroatoms. The van der Waals surface area contributed by atoms with Crippen molar-refractivity contribution in [1.82, 2.24) is 10.6 Å². The molecular weight excluding hydrogens is 504 g/mol. The topological polar surface area (TPSA) is 58.2 Å². The maximum atomic E-state index is 12.5. The normalized spacial score (nSPS) is 17.1. The van der Waals surface area contributed by atoms with Gasteiger partial charge in [-0.3, -0.25) is 9.59 Å². The number of amides is 2. The third-order valence-corrected chi connectivity index (χ3v) is 8.54. The van der Waals surface area contributed by atoms with Gasteiger partial charge in [-0.25, -0.2) is 0 Å². The molecule has 1 fully saturated rings. The van der Waals surface area contributed by atoms with E-state index in [4.69, 9.17) is 0 Å². The largest absolute Gasteiger partial charge is 0.351 e. The van der Waals surface area contributed by atoms with Crippen LogP contribution in [0, 0.1) is 0 Å². The summed E-state index contributed by atoms with van der Waals surface area (Å²) in [6.45, 7) is 4.52. The molecule has 0 bridgehead atoms. The molecule has 1 rings (SSSR count). The van der Waals surface area contributed by atoms with Gasteiger partial charge in [0, 0.05) is 24.9 Å². The van der Waals surface area contributed by atoms with Crippen LogP contribution in [0.3, 0.4) is 0 Å². The molecule has 0 unspecified atom stereocenters. The van der Waals surface area contributed by atoms with E-state index in [1.807, 2.05) is 0 Å². The number of unbranched alkanes of at least 4 members (excludes halogenated alkanes) is 18. The molecule has 4 nitrogen and oxygen atoms in total. The molecule has 0 spiro atoms. The molecule has 238 valence electrons. The Morgan fingerprint density at radius 3 is 1.17 bits per heavy atom. The lowest BCUT2D eigenvalue weighted by atomic mass is 10.1. The molecule has 0 aromatic rings. The third-order valence-electron chi connectivity index (χ3n) is 8.54. The summed E-state index contributed by atoms with van der Waals surface area (Å²) in [5, 5.41) is 6.45. The van der Waals surface area contributed by atoms with Gasteiger partial charge in [0.1, 0.15) is 0 Å². The Labute approximate surface area is 255 Å². The van der Waals surface area contributed by atoms with Gasteiger partial charge in [0.05, 0.1) is 0 Å². The predicted molar refractivity (Wildman–Crippen MR) is 178 cm³/mol. The van der Waals surface area contributed by atoms with E-state index in [9.17, 15) is 9.59 Å². The first-order valence-corrected chi connectivity index (χ1v) is 18.1. The molecule has 41 heavy (non-hydrogen) atoms. The monoisotopic (exact) mass is 573 g/mol. The highest BCUT2D eigenvalue weighted by Crippen LogP contribution is 2.20. The lowest BCUT2D eigenvalue weighted by molar-refractivity contribution is -0.124. The number of carbonyl (C=O) groups is 2. The van der Waals surface area contributed by atoms with E-state index in [-0.39, 0.29) is 23.9 Å². The van der Waals surface area contributed by atoms with E-state index in [0.717, 1.165) is 44.9 Å². The summed E-state index contributed by atoms with van der Waals surface area (Å²) >= 11 is 0. The fraction of sp³-hybridized carbons (Fsp3) is 0.838. The minimum Gasteiger partial charge on any atom is -0.351 e. The Hall–Kier alpha value is -1.58. The van der Waals surface area contributed by atoms with Gasteiger partial charge in [-0.2, -0.15) is 0 Å². The zero-order valence-corrected chi connectivity index (χ0v) is 27.4. The lowest BCUT2D eigenvalue weighted by Crippen LogP contribution is -2.48. The Morgan fingerprint density at radius 2 is 0.805 bits per heavy atom. The maximum Gasteiger partial charge on any atom is 0.220 e. The summed E-state index contributed by atoms with van der Waals surface area (Å²) in [6, 6.07) is 0.222. The van der Waals surface area contributed by atoms with E-state index >= 15 is 0 Å². The maximum absolute atomic E-state index is 12.5. The molecule has 1 aliphatic rings. The van der Waals surface area contributed by atoms with Crippen molar-refractivity contribution in [3.8, 4) is 0 Å². The summed E-state index contributed by atoms with van der Waals surface area (Å²) in [7, 11) is 0. The molecular formula is C37H68N2O2. The Balaban J connectivity index is 1.98. The molecule has 0 aliphatic heterocycles. The molecule has 2 atom stereocenters. The number of hydrogen-bond donors (Lipinski definition) is 2. The molecule has 1 aliphatic carbocycles. The Kier molecular flexibility index (Phi) is 26.1. The molecule has 0 saturated heterocycles. The summed E-state index contributed by atoms with van der Waals surface area (Å²) in [5.41, 5.74) is 0. The first kappa shape index (κ1) is 37.4. The fourth-order valence-corrected chi connectivity index (χ4v) is 5.87. The smallest absolute Gasteiger partial charge is 0.220 e. The average Bonchev–Trinajstić information content (AvgIpc) is 3.39. The minimum atomic E-state index is 0.111. The van der Waals surface area contributed by atoms with E-state index < -0.39 is 0 Å². The van der Waals surface area contributed by atoms with Crippen molar-refractivity contribution in [1.29, 1.82) is 0 Å². The Morgan fingerprint density at radius 1 is 0.488 bits per heavy atom. The number of allylic oxidation sites excluding steroid dienone is 4. The lowest BCUT2D eigenvalue weighted by Gasteiger charge is -2.22. The zero-order chi connectivity index (χ0) is 29.6. The fourth-order valence-electron chi connectivity index (χ4n) is 5.87. The summed E-state index contributed by atoms with van der Waals surface area (Å²) in [6.07, 6.45) is 41.0. The quantitative estimate of drug-likeness (QED) is 0.0723. The molecule has 0 radical (unpaired) electrons. The Bertz CT molecular complexity index is 616. The second-order valence-electron chi connectivity index (χ2n) is 12.5. The van der Waals surface area contributed by atoms with Crippen LogP contribution in [-0.4, -0.2) is 23.9 Å². The second kappa shape index (κ2) is 28.5. The molecule has 2 amide bonds. The molecule has 1 saturated carbocycles. The van der Waals surface area contributed by atoms with Gasteiger partial charge < -0.3 is 10.6 Å². The van der Waals surface area contributed by atoms with Crippen LogP contribution in [-0.2, 0) is 9.59 Å². The van der Waals surface area contributed by atoms with E-state index in [1.54, 1.807) is 0 Å². The van der Waals surface area contributed by atoms with Crippen molar-refractivity contribution >= 4 is 11.8 Å². The SMILES string of the molecule is CCCCCCC=CCCCCCCCC(=O)N[C@H]1CCC[C@H]1NC(=O)CCCCCCCC=CCCCCCC. The van der Waals surface area contributed by atoms with Crippen LogP contribution in [0.15, 0.2) is 24.3 Å². The third kappa shape index (κ3) is 23.6. The van der Waals surface area contributed by atoms with E-state index in [2.05, 4.69) is 48.8 Å².